The highest BCUT2D eigenvalue weighted by Crippen LogP contribution is 2.31. The van der Waals surface area contributed by atoms with E-state index in [1.807, 2.05) is 36.8 Å². The summed E-state index contributed by atoms with van der Waals surface area (Å²) < 4.78 is 5.24. The molecule has 1 aliphatic heterocycles. The molecule has 0 atom stereocenters. The van der Waals surface area contributed by atoms with Crippen molar-refractivity contribution in [3.8, 4) is 34.0 Å². The Morgan fingerprint density at radius 1 is 0.943 bits per heavy atom. The first kappa shape index (κ1) is 20.0. The molecule has 35 heavy (non-hydrogen) atoms. The maximum Gasteiger partial charge on any atom is 0.159 e. The number of hydrogen-bond donors (Lipinski definition) is 2. The van der Waals surface area contributed by atoms with E-state index < -0.39 is 0 Å². The number of imidazole rings is 1. The van der Waals surface area contributed by atoms with Crippen molar-refractivity contribution in [1.82, 2.24) is 40.0 Å². The molecule has 7 heterocycles. The number of nitrogens with zero attached hydrogens (tertiary/aromatic N) is 6. The van der Waals surface area contributed by atoms with Gasteiger partial charge >= 0.3 is 0 Å². The minimum atomic E-state index is 0.669. The second-order valence-electron chi connectivity index (χ2n) is 8.91. The number of likely N-dealkylation sites (tertiary alicyclic amines) is 1. The highest BCUT2D eigenvalue weighted by molar-refractivity contribution is 5.96. The maximum absolute atomic E-state index is 5.24. The van der Waals surface area contributed by atoms with Crippen molar-refractivity contribution in [2.45, 2.75) is 19.4 Å². The Balaban J connectivity index is 1.28. The number of rotatable bonds is 5. The van der Waals surface area contributed by atoms with Crippen LogP contribution in [0.5, 0.6) is 0 Å². The number of furan rings is 1. The Hall–Kier alpha value is -4.37. The van der Waals surface area contributed by atoms with Crippen molar-refractivity contribution < 1.29 is 4.42 Å². The predicted octanol–water partition coefficient (Wildman–Crippen LogP) is 4.81. The lowest BCUT2D eigenvalue weighted by Crippen LogP contribution is -2.18. The summed E-state index contributed by atoms with van der Waals surface area (Å²) in [5, 5.41) is 8.58. The molecule has 9 heteroatoms. The van der Waals surface area contributed by atoms with Crippen molar-refractivity contribution >= 4 is 21.9 Å². The molecule has 0 amide bonds. The van der Waals surface area contributed by atoms with E-state index in [2.05, 4.69) is 41.1 Å². The molecule has 1 fully saturated rings. The number of aromatic nitrogens is 7. The van der Waals surface area contributed by atoms with E-state index in [-0.39, 0.29) is 0 Å². The average molecular weight is 463 g/mol. The number of nitrogens with one attached hydrogen (secondary N) is 2. The predicted molar refractivity (Wildman–Crippen MR) is 132 cm³/mol. The SMILES string of the molecule is c1cc2[nH]c(-c3n[nH]c4cnc(-c5cncc(CN6CCCC6)c5)cc34)nc2c(-c2ccoc2)n1. The third-order valence-corrected chi connectivity index (χ3v) is 6.56. The van der Waals surface area contributed by atoms with Crippen LogP contribution in [-0.4, -0.2) is 53.1 Å². The van der Waals surface area contributed by atoms with Gasteiger partial charge in [0, 0.05) is 41.6 Å². The van der Waals surface area contributed by atoms with Crippen molar-refractivity contribution in [2.75, 3.05) is 13.1 Å². The van der Waals surface area contributed by atoms with E-state index >= 15 is 0 Å². The van der Waals surface area contributed by atoms with Crippen molar-refractivity contribution in [3.05, 3.63) is 67.1 Å². The molecule has 172 valence electrons. The fourth-order valence-corrected chi connectivity index (χ4v) is 4.83. The molecule has 0 radical (unpaired) electrons. The van der Waals surface area contributed by atoms with Crippen LogP contribution in [0.25, 0.3) is 56.0 Å². The highest BCUT2D eigenvalue weighted by atomic mass is 16.3. The van der Waals surface area contributed by atoms with Crippen LogP contribution in [0.1, 0.15) is 18.4 Å². The molecule has 0 bridgehead atoms. The summed E-state index contributed by atoms with van der Waals surface area (Å²) in [6.07, 6.45) is 13.2. The minimum Gasteiger partial charge on any atom is -0.472 e. The first-order valence-electron chi connectivity index (χ1n) is 11.7. The minimum absolute atomic E-state index is 0.669. The summed E-state index contributed by atoms with van der Waals surface area (Å²) >= 11 is 0. The summed E-state index contributed by atoms with van der Waals surface area (Å²) in [5.41, 5.74) is 7.94. The summed E-state index contributed by atoms with van der Waals surface area (Å²) in [6.45, 7) is 3.23. The quantitative estimate of drug-likeness (QED) is 0.378. The van der Waals surface area contributed by atoms with Crippen LogP contribution in [0.3, 0.4) is 0 Å². The molecule has 6 aromatic rings. The van der Waals surface area contributed by atoms with Crippen LogP contribution in [0, 0.1) is 0 Å². The maximum atomic E-state index is 5.24. The van der Waals surface area contributed by atoms with Gasteiger partial charge in [-0.15, -0.1) is 0 Å². The Kier molecular flexibility index (Phi) is 4.66. The second-order valence-corrected chi connectivity index (χ2v) is 8.91. The van der Waals surface area contributed by atoms with E-state index in [1.54, 1.807) is 18.7 Å². The zero-order valence-corrected chi connectivity index (χ0v) is 18.9. The topological polar surface area (TPSA) is 112 Å². The number of H-pyrrole nitrogens is 2. The first-order chi connectivity index (χ1) is 17.3. The lowest BCUT2D eigenvalue weighted by molar-refractivity contribution is 0.331. The molecular weight excluding hydrogens is 440 g/mol. The van der Waals surface area contributed by atoms with Gasteiger partial charge in [-0.05, 0) is 55.8 Å². The van der Waals surface area contributed by atoms with Gasteiger partial charge in [-0.25, -0.2) is 4.98 Å². The van der Waals surface area contributed by atoms with Crippen LogP contribution < -0.4 is 0 Å². The van der Waals surface area contributed by atoms with E-state index in [0.29, 0.717) is 5.82 Å². The second kappa shape index (κ2) is 8.14. The molecule has 9 nitrogen and oxygen atoms in total. The molecule has 6 aromatic heterocycles. The van der Waals surface area contributed by atoms with Gasteiger partial charge in [0.25, 0.3) is 0 Å². The highest BCUT2D eigenvalue weighted by Gasteiger charge is 2.18. The van der Waals surface area contributed by atoms with E-state index in [9.17, 15) is 0 Å². The van der Waals surface area contributed by atoms with E-state index in [1.165, 1.54) is 18.4 Å². The molecule has 0 saturated carbocycles. The van der Waals surface area contributed by atoms with Gasteiger partial charge in [-0.3, -0.25) is 25.0 Å². The molecule has 1 aliphatic rings. The summed E-state index contributed by atoms with van der Waals surface area (Å²) in [5.74, 6) is 0.669. The fourth-order valence-electron chi connectivity index (χ4n) is 4.83. The molecule has 0 aliphatic carbocycles. The molecular formula is C26H22N8O. The first-order valence-corrected chi connectivity index (χ1v) is 11.7. The number of aromatic amines is 2. The number of pyridine rings is 3. The average Bonchev–Trinajstić information content (AvgIpc) is 3.70. The molecule has 1 saturated heterocycles. The van der Waals surface area contributed by atoms with Crippen LogP contribution in [0.4, 0.5) is 0 Å². The fraction of sp³-hybridized carbons (Fsp3) is 0.192. The monoisotopic (exact) mass is 462 g/mol. The molecule has 2 N–H and O–H groups in total. The van der Waals surface area contributed by atoms with Crippen LogP contribution in [0.2, 0.25) is 0 Å². The molecule has 0 unspecified atom stereocenters. The standard InChI is InChI=1S/C26H22N8O/c1-2-7-34(6-1)14-16-9-18(12-27-11-16)21-10-19-22(13-29-21)32-33-24(19)26-30-20-3-5-28-23(25(20)31-26)17-4-8-35-15-17/h3-5,8-13,15H,1-2,6-7,14H2,(H,30,31)(H,32,33). The lowest BCUT2D eigenvalue weighted by Gasteiger charge is -2.14. The Morgan fingerprint density at radius 3 is 2.77 bits per heavy atom. The zero-order valence-electron chi connectivity index (χ0n) is 18.9. The van der Waals surface area contributed by atoms with Crippen LogP contribution in [0.15, 0.2) is 66.0 Å². The number of hydrogen-bond acceptors (Lipinski definition) is 7. The summed E-state index contributed by atoms with van der Waals surface area (Å²) in [6, 6.07) is 8.02. The Bertz CT molecular complexity index is 1640. The van der Waals surface area contributed by atoms with Gasteiger partial charge < -0.3 is 9.40 Å². The van der Waals surface area contributed by atoms with Gasteiger partial charge in [-0.2, -0.15) is 5.10 Å². The van der Waals surface area contributed by atoms with Gasteiger partial charge in [-0.1, -0.05) is 0 Å². The Morgan fingerprint density at radius 2 is 1.89 bits per heavy atom. The lowest BCUT2D eigenvalue weighted by atomic mass is 10.1. The summed E-state index contributed by atoms with van der Waals surface area (Å²) in [7, 11) is 0. The van der Waals surface area contributed by atoms with E-state index in [0.717, 1.165) is 69.8 Å². The third-order valence-electron chi connectivity index (χ3n) is 6.56. The van der Waals surface area contributed by atoms with E-state index in [4.69, 9.17) is 9.40 Å². The van der Waals surface area contributed by atoms with Gasteiger partial charge in [0.2, 0.25) is 0 Å². The van der Waals surface area contributed by atoms with Crippen molar-refractivity contribution in [3.63, 3.8) is 0 Å². The largest absolute Gasteiger partial charge is 0.472 e. The summed E-state index contributed by atoms with van der Waals surface area (Å²) in [4.78, 5) is 24.4. The van der Waals surface area contributed by atoms with Gasteiger partial charge in [0.15, 0.2) is 5.82 Å². The smallest absolute Gasteiger partial charge is 0.159 e. The Labute approximate surface area is 200 Å². The van der Waals surface area contributed by atoms with Crippen molar-refractivity contribution in [2.24, 2.45) is 0 Å². The van der Waals surface area contributed by atoms with Gasteiger partial charge in [0.05, 0.1) is 35.5 Å². The molecule has 7 rings (SSSR count). The van der Waals surface area contributed by atoms with Crippen molar-refractivity contribution in [1.29, 1.82) is 0 Å². The molecule has 0 aromatic carbocycles. The zero-order chi connectivity index (χ0) is 23.2. The van der Waals surface area contributed by atoms with Crippen LogP contribution in [-0.2, 0) is 6.54 Å². The van der Waals surface area contributed by atoms with Crippen LogP contribution >= 0.6 is 0 Å². The van der Waals surface area contributed by atoms with Gasteiger partial charge in [0.1, 0.15) is 16.9 Å². The molecule has 0 spiro atoms. The third kappa shape index (κ3) is 3.57. The number of fused-ring (bicyclic) bond motifs is 2. The normalized spacial score (nSPS) is 14.4.